The molecule has 0 fully saturated rings. The van der Waals surface area contributed by atoms with Gasteiger partial charge >= 0.3 is 0 Å². The molecule has 0 heteroatoms. The minimum absolute atomic E-state index is 1.26. The van der Waals surface area contributed by atoms with Gasteiger partial charge in [0, 0.05) is 0 Å². The smallest absolute Gasteiger partial charge is 0.0279 e. The highest BCUT2D eigenvalue weighted by Gasteiger charge is 1.94. The molecule has 18 heavy (non-hydrogen) atoms. The van der Waals surface area contributed by atoms with Crippen LogP contribution in [0.3, 0.4) is 0 Å². The quantitative estimate of drug-likeness (QED) is 0.325. The largest absolute Gasteiger partial charge is 0.0654 e. The highest BCUT2D eigenvalue weighted by atomic mass is 14.0. The third-order valence-electron chi connectivity index (χ3n) is 3.66. The van der Waals surface area contributed by atoms with Gasteiger partial charge < -0.3 is 0 Å². The molecule has 1 rings (SSSR count). The predicted molar refractivity (Wildman–Crippen MR) is 82.0 cm³/mol. The van der Waals surface area contributed by atoms with Gasteiger partial charge in [0.2, 0.25) is 0 Å². The Morgan fingerprint density at radius 1 is 0.611 bits per heavy atom. The van der Waals surface area contributed by atoms with Crippen LogP contribution in [0, 0.1) is 0 Å². The first kappa shape index (κ1) is 15.3. The zero-order chi connectivity index (χ0) is 12.9. The van der Waals surface area contributed by atoms with Crippen molar-refractivity contribution < 1.29 is 0 Å². The average molecular weight is 247 g/mol. The van der Waals surface area contributed by atoms with Crippen LogP contribution in [0.2, 0.25) is 0 Å². The molecule has 0 amide bonds. The molecule has 0 spiro atoms. The molecule has 0 aliphatic heterocycles. The summed E-state index contributed by atoms with van der Waals surface area (Å²) in [6.45, 7) is 2.28. The molecule has 0 nitrogen and oxygen atoms in total. The Labute approximate surface area is 114 Å². The van der Waals surface area contributed by atoms with Crippen LogP contribution in [0.1, 0.15) is 76.7 Å². The van der Waals surface area contributed by atoms with Gasteiger partial charge in [0.15, 0.2) is 0 Å². The molecule has 0 aliphatic carbocycles. The zero-order valence-electron chi connectivity index (χ0n) is 12.2. The van der Waals surface area contributed by atoms with Crippen LogP contribution in [0.5, 0.6) is 0 Å². The van der Waals surface area contributed by atoms with E-state index in [-0.39, 0.29) is 0 Å². The molecule has 0 aliphatic rings. The van der Waals surface area contributed by atoms with E-state index in [0.29, 0.717) is 0 Å². The molecule has 0 radical (unpaired) electrons. The third kappa shape index (κ3) is 8.33. The van der Waals surface area contributed by atoms with Gasteiger partial charge in [-0.1, -0.05) is 95.0 Å². The van der Waals surface area contributed by atoms with E-state index < -0.39 is 0 Å². The summed E-state index contributed by atoms with van der Waals surface area (Å²) in [6, 6.07) is 10.9. The molecule has 0 heterocycles. The Morgan fingerprint density at radius 3 is 1.67 bits per heavy atom. The molecule has 0 saturated carbocycles. The molecular weight excluding hydrogens is 217 g/mol. The van der Waals surface area contributed by atoms with Gasteiger partial charge in [0.1, 0.15) is 0 Å². The van der Waals surface area contributed by atoms with E-state index >= 15 is 0 Å². The summed E-state index contributed by atoms with van der Waals surface area (Å²) in [6.07, 6.45) is 15.5. The SMILES string of the molecule is [13CH3]CCCCCCCCCCCc1ccccc1. The summed E-state index contributed by atoms with van der Waals surface area (Å²) in [5.41, 5.74) is 1.50. The number of rotatable bonds is 11. The molecule has 1 aromatic carbocycles. The average Bonchev–Trinajstić information content (AvgIpc) is 2.42. The van der Waals surface area contributed by atoms with Gasteiger partial charge in [-0.05, 0) is 18.4 Å². The Balaban J connectivity index is 1.82. The fraction of sp³-hybridized carbons (Fsp3) is 0.667. The van der Waals surface area contributed by atoms with Crippen LogP contribution in [0.25, 0.3) is 0 Å². The van der Waals surface area contributed by atoms with E-state index in [0.717, 1.165) is 0 Å². The Bertz CT molecular complexity index is 263. The highest BCUT2D eigenvalue weighted by Crippen LogP contribution is 2.12. The minimum Gasteiger partial charge on any atom is -0.0654 e. The van der Waals surface area contributed by atoms with Crippen LogP contribution in [-0.4, -0.2) is 0 Å². The first-order valence-corrected chi connectivity index (χ1v) is 7.97. The summed E-state index contributed by atoms with van der Waals surface area (Å²) in [5, 5.41) is 0. The topological polar surface area (TPSA) is 0 Å². The zero-order valence-corrected chi connectivity index (χ0v) is 12.2. The van der Waals surface area contributed by atoms with E-state index in [1.54, 1.807) is 0 Å². The van der Waals surface area contributed by atoms with Crippen molar-refractivity contribution in [3.8, 4) is 0 Å². The molecule has 0 N–H and O–H groups in total. The van der Waals surface area contributed by atoms with Crippen molar-refractivity contribution in [3.05, 3.63) is 35.9 Å². The second-order valence-electron chi connectivity index (χ2n) is 5.42. The number of hydrogen-bond donors (Lipinski definition) is 0. The van der Waals surface area contributed by atoms with Gasteiger partial charge in [-0.15, -0.1) is 0 Å². The lowest BCUT2D eigenvalue weighted by Gasteiger charge is -2.03. The van der Waals surface area contributed by atoms with Crippen molar-refractivity contribution in [2.45, 2.75) is 77.6 Å². The second-order valence-corrected chi connectivity index (χ2v) is 5.42. The molecule has 0 saturated heterocycles. The van der Waals surface area contributed by atoms with Crippen molar-refractivity contribution in [3.63, 3.8) is 0 Å². The molecule has 0 atom stereocenters. The van der Waals surface area contributed by atoms with Crippen LogP contribution >= 0.6 is 0 Å². The van der Waals surface area contributed by atoms with E-state index in [1.165, 1.54) is 76.2 Å². The number of unbranched alkanes of at least 4 members (excludes halogenated alkanes) is 9. The fourth-order valence-corrected chi connectivity index (χ4v) is 2.46. The maximum Gasteiger partial charge on any atom is -0.0279 e. The van der Waals surface area contributed by atoms with E-state index in [1.807, 2.05) is 0 Å². The molecule has 0 bridgehead atoms. The monoisotopic (exact) mass is 247 g/mol. The predicted octanol–water partition coefficient (Wildman–Crippen LogP) is 6.15. The maximum absolute atomic E-state index is 2.28. The molecule has 1 aromatic rings. The number of benzene rings is 1. The molecular formula is C18H30. The lowest BCUT2D eigenvalue weighted by molar-refractivity contribution is 0.556. The molecule has 0 unspecified atom stereocenters. The summed E-state index contributed by atoms with van der Waals surface area (Å²) < 4.78 is 0. The summed E-state index contributed by atoms with van der Waals surface area (Å²) in [5.74, 6) is 0. The Hall–Kier alpha value is -0.780. The van der Waals surface area contributed by atoms with Crippen LogP contribution in [0.15, 0.2) is 30.3 Å². The van der Waals surface area contributed by atoms with Gasteiger partial charge in [-0.25, -0.2) is 0 Å². The fourth-order valence-electron chi connectivity index (χ4n) is 2.46. The van der Waals surface area contributed by atoms with Crippen molar-refractivity contribution in [1.29, 1.82) is 0 Å². The summed E-state index contributed by atoms with van der Waals surface area (Å²) >= 11 is 0. The first-order valence-electron chi connectivity index (χ1n) is 7.97. The van der Waals surface area contributed by atoms with E-state index in [4.69, 9.17) is 0 Å². The summed E-state index contributed by atoms with van der Waals surface area (Å²) in [7, 11) is 0. The number of aryl methyl sites for hydroxylation is 1. The highest BCUT2D eigenvalue weighted by molar-refractivity contribution is 5.14. The number of hydrogen-bond acceptors (Lipinski definition) is 0. The van der Waals surface area contributed by atoms with Gasteiger partial charge in [-0.2, -0.15) is 0 Å². The van der Waals surface area contributed by atoms with Gasteiger partial charge in [0.05, 0.1) is 0 Å². The molecule has 0 aromatic heterocycles. The molecule has 102 valence electrons. The standard InChI is InChI=1S/C18H30/c1-2-3-4-5-6-7-8-9-10-12-15-18-16-13-11-14-17-18/h11,13-14,16-17H,2-10,12,15H2,1H3/i1+1. The lowest BCUT2D eigenvalue weighted by Crippen LogP contribution is -1.86. The third-order valence-corrected chi connectivity index (χ3v) is 3.66. The second kappa shape index (κ2) is 11.3. The van der Waals surface area contributed by atoms with Crippen molar-refractivity contribution >= 4 is 0 Å². The van der Waals surface area contributed by atoms with Crippen molar-refractivity contribution in [2.75, 3.05) is 0 Å². The van der Waals surface area contributed by atoms with Crippen molar-refractivity contribution in [2.24, 2.45) is 0 Å². The first-order chi connectivity index (χ1) is 8.93. The maximum atomic E-state index is 2.28. The van der Waals surface area contributed by atoms with Crippen molar-refractivity contribution in [1.82, 2.24) is 0 Å². The van der Waals surface area contributed by atoms with Crippen LogP contribution in [-0.2, 0) is 6.42 Å². The van der Waals surface area contributed by atoms with Gasteiger partial charge in [-0.3, -0.25) is 0 Å². The minimum atomic E-state index is 1.26. The summed E-state index contributed by atoms with van der Waals surface area (Å²) in [4.78, 5) is 0. The van der Waals surface area contributed by atoms with Crippen LogP contribution < -0.4 is 0 Å². The van der Waals surface area contributed by atoms with E-state index in [9.17, 15) is 0 Å². The van der Waals surface area contributed by atoms with E-state index in [2.05, 4.69) is 37.3 Å². The Kier molecular flexibility index (Phi) is 9.61. The van der Waals surface area contributed by atoms with Gasteiger partial charge in [0.25, 0.3) is 0 Å². The normalized spacial score (nSPS) is 10.7. The van der Waals surface area contributed by atoms with Crippen LogP contribution in [0.4, 0.5) is 0 Å². The lowest BCUT2D eigenvalue weighted by atomic mass is 10.0. The Morgan fingerprint density at radius 2 is 1.11 bits per heavy atom.